The van der Waals surface area contributed by atoms with Gasteiger partial charge in [-0.15, -0.1) is 0 Å². The number of likely N-dealkylation sites (N-methyl/N-ethyl adjacent to an activating group) is 1. The molecule has 1 unspecified atom stereocenters. The maximum Gasteiger partial charge on any atom is 0.0438 e. The number of hydrogen-bond acceptors (Lipinski definition) is 1. The summed E-state index contributed by atoms with van der Waals surface area (Å²) in [5.74, 6) is 1.72. The van der Waals surface area contributed by atoms with Crippen LogP contribution in [0.3, 0.4) is 0 Å². The molecule has 100 valence electrons. The van der Waals surface area contributed by atoms with Crippen molar-refractivity contribution >= 4 is 11.6 Å². The lowest BCUT2D eigenvalue weighted by Gasteiger charge is -2.33. The monoisotopic (exact) mass is 265 g/mol. The number of halogens is 1. The molecule has 1 N–H and O–H groups in total. The first kappa shape index (κ1) is 13.9. The Morgan fingerprint density at radius 3 is 2.50 bits per heavy atom. The van der Waals surface area contributed by atoms with Crippen LogP contribution in [0.4, 0.5) is 0 Å². The predicted octanol–water partition coefficient (Wildman–Crippen LogP) is 4.30. The molecule has 18 heavy (non-hydrogen) atoms. The standard InChI is InChI=1S/C16H24ClN/c1-12-7-9-13(10-8-12)16(18-2)11-14-5-3-4-6-15(14)17/h3-6,12-13,16,18H,7-11H2,1-2H3. The largest absolute Gasteiger partial charge is 0.316 e. The SMILES string of the molecule is CNC(Cc1ccccc1Cl)C1CCC(C)CC1. The van der Waals surface area contributed by atoms with Crippen molar-refractivity contribution in [2.24, 2.45) is 11.8 Å². The van der Waals surface area contributed by atoms with Gasteiger partial charge in [0.05, 0.1) is 0 Å². The molecule has 1 aromatic rings. The summed E-state index contributed by atoms with van der Waals surface area (Å²) in [5, 5.41) is 4.41. The van der Waals surface area contributed by atoms with Gasteiger partial charge in [0.15, 0.2) is 0 Å². The number of hydrogen-bond donors (Lipinski definition) is 1. The Balaban J connectivity index is 1.99. The summed E-state index contributed by atoms with van der Waals surface area (Å²) in [5.41, 5.74) is 1.28. The van der Waals surface area contributed by atoms with Gasteiger partial charge in [-0.05, 0) is 49.8 Å². The molecule has 0 bridgehead atoms. The summed E-state index contributed by atoms with van der Waals surface area (Å²) < 4.78 is 0. The summed E-state index contributed by atoms with van der Waals surface area (Å²) in [7, 11) is 2.08. The Bertz CT molecular complexity index is 369. The van der Waals surface area contributed by atoms with Crippen LogP contribution in [-0.4, -0.2) is 13.1 Å². The topological polar surface area (TPSA) is 12.0 Å². The molecule has 1 nitrogen and oxygen atoms in total. The van der Waals surface area contributed by atoms with Crippen LogP contribution in [0, 0.1) is 11.8 Å². The Labute approximate surface area is 116 Å². The van der Waals surface area contributed by atoms with E-state index in [9.17, 15) is 0 Å². The van der Waals surface area contributed by atoms with Crippen LogP contribution in [0.1, 0.15) is 38.2 Å². The van der Waals surface area contributed by atoms with Crippen molar-refractivity contribution in [3.8, 4) is 0 Å². The molecule has 0 radical (unpaired) electrons. The van der Waals surface area contributed by atoms with E-state index in [0.717, 1.165) is 23.3 Å². The zero-order valence-corrected chi connectivity index (χ0v) is 12.2. The van der Waals surface area contributed by atoms with Crippen molar-refractivity contribution in [1.29, 1.82) is 0 Å². The zero-order valence-electron chi connectivity index (χ0n) is 11.5. The summed E-state index contributed by atoms with van der Waals surface area (Å²) in [6.45, 7) is 2.37. The maximum atomic E-state index is 6.26. The van der Waals surface area contributed by atoms with Gasteiger partial charge < -0.3 is 5.32 Å². The van der Waals surface area contributed by atoms with E-state index < -0.39 is 0 Å². The second kappa shape index (κ2) is 6.58. The molecule has 0 aliphatic heterocycles. The van der Waals surface area contributed by atoms with Crippen molar-refractivity contribution in [3.05, 3.63) is 34.9 Å². The molecule has 1 saturated carbocycles. The van der Waals surface area contributed by atoms with Crippen LogP contribution in [0.5, 0.6) is 0 Å². The lowest BCUT2D eigenvalue weighted by molar-refractivity contribution is 0.235. The van der Waals surface area contributed by atoms with Gasteiger partial charge in [0.1, 0.15) is 0 Å². The van der Waals surface area contributed by atoms with Gasteiger partial charge in [-0.3, -0.25) is 0 Å². The molecule has 1 aliphatic carbocycles. The molecule has 2 rings (SSSR count). The molecule has 0 saturated heterocycles. The average molecular weight is 266 g/mol. The predicted molar refractivity (Wildman–Crippen MR) is 79.1 cm³/mol. The molecule has 1 aliphatic rings. The van der Waals surface area contributed by atoms with Crippen molar-refractivity contribution in [2.45, 2.75) is 45.1 Å². The van der Waals surface area contributed by atoms with Crippen LogP contribution in [-0.2, 0) is 6.42 Å². The van der Waals surface area contributed by atoms with Gasteiger partial charge >= 0.3 is 0 Å². The number of rotatable bonds is 4. The molecule has 1 aromatic carbocycles. The highest BCUT2D eigenvalue weighted by molar-refractivity contribution is 6.31. The minimum absolute atomic E-state index is 0.567. The van der Waals surface area contributed by atoms with Gasteiger partial charge in [0, 0.05) is 11.1 Å². The highest BCUT2D eigenvalue weighted by Crippen LogP contribution is 2.32. The van der Waals surface area contributed by atoms with Crippen molar-refractivity contribution < 1.29 is 0 Å². The van der Waals surface area contributed by atoms with Crippen LogP contribution in [0.15, 0.2) is 24.3 Å². The highest BCUT2D eigenvalue weighted by Gasteiger charge is 2.25. The summed E-state index contributed by atoms with van der Waals surface area (Å²) >= 11 is 6.26. The number of benzene rings is 1. The molecule has 0 heterocycles. The molecule has 2 heteroatoms. The smallest absolute Gasteiger partial charge is 0.0438 e. The lowest BCUT2D eigenvalue weighted by Crippen LogP contribution is -2.37. The first-order chi connectivity index (χ1) is 8.70. The van der Waals surface area contributed by atoms with Gasteiger partial charge in [-0.2, -0.15) is 0 Å². The molecule has 1 fully saturated rings. The van der Waals surface area contributed by atoms with E-state index in [2.05, 4.69) is 31.4 Å². The Hall–Kier alpha value is -0.530. The fraction of sp³-hybridized carbons (Fsp3) is 0.625. The molecule has 0 amide bonds. The molecule has 0 spiro atoms. The van der Waals surface area contributed by atoms with E-state index in [4.69, 9.17) is 11.6 Å². The lowest BCUT2D eigenvalue weighted by atomic mass is 9.78. The van der Waals surface area contributed by atoms with Crippen LogP contribution >= 0.6 is 11.6 Å². The fourth-order valence-electron chi connectivity index (χ4n) is 3.09. The minimum atomic E-state index is 0.567. The van der Waals surface area contributed by atoms with E-state index in [0.29, 0.717) is 6.04 Å². The summed E-state index contributed by atoms with van der Waals surface area (Å²) in [6.07, 6.45) is 6.53. The highest BCUT2D eigenvalue weighted by atomic mass is 35.5. The van der Waals surface area contributed by atoms with Crippen LogP contribution in [0.2, 0.25) is 5.02 Å². The average Bonchev–Trinajstić information content (AvgIpc) is 2.39. The first-order valence-electron chi connectivity index (χ1n) is 7.11. The second-order valence-electron chi connectivity index (χ2n) is 5.71. The van der Waals surface area contributed by atoms with E-state index in [1.807, 2.05) is 12.1 Å². The Morgan fingerprint density at radius 2 is 1.89 bits per heavy atom. The van der Waals surface area contributed by atoms with Gasteiger partial charge in [0.25, 0.3) is 0 Å². The zero-order chi connectivity index (χ0) is 13.0. The van der Waals surface area contributed by atoms with E-state index in [1.54, 1.807) is 0 Å². The third-order valence-corrected chi connectivity index (χ3v) is 4.77. The molecule has 0 aromatic heterocycles. The van der Waals surface area contributed by atoms with Gasteiger partial charge in [0.2, 0.25) is 0 Å². The van der Waals surface area contributed by atoms with Crippen molar-refractivity contribution in [3.63, 3.8) is 0 Å². The summed E-state index contributed by atoms with van der Waals surface area (Å²) in [4.78, 5) is 0. The normalized spacial score (nSPS) is 25.9. The molecule has 1 atom stereocenters. The fourth-order valence-corrected chi connectivity index (χ4v) is 3.31. The molecular weight excluding hydrogens is 242 g/mol. The Morgan fingerprint density at radius 1 is 1.22 bits per heavy atom. The van der Waals surface area contributed by atoms with Crippen LogP contribution in [0.25, 0.3) is 0 Å². The van der Waals surface area contributed by atoms with E-state index in [-0.39, 0.29) is 0 Å². The van der Waals surface area contributed by atoms with Crippen LogP contribution < -0.4 is 5.32 Å². The molecular formula is C16H24ClN. The number of nitrogens with one attached hydrogen (secondary N) is 1. The summed E-state index contributed by atoms with van der Waals surface area (Å²) in [6, 6.07) is 8.79. The van der Waals surface area contributed by atoms with Crippen molar-refractivity contribution in [2.75, 3.05) is 7.05 Å². The quantitative estimate of drug-likeness (QED) is 0.856. The van der Waals surface area contributed by atoms with Crippen molar-refractivity contribution in [1.82, 2.24) is 5.32 Å². The van der Waals surface area contributed by atoms with Gasteiger partial charge in [-0.25, -0.2) is 0 Å². The minimum Gasteiger partial charge on any atom is -0.316 e. The third kappa shape index (κ3) is 3.49. The van der Waals surface area contributed by atoms with E-state index >= 15 is 0 Å². The Kier molecular flexibility index (Phi) is 5.08. The maximum absolute atomic E-state index is 6.26. The van der Waals surface area contributed by atoms with E-state index in [1.165, 1.54) is 31.2 Å². The van der Waals surface area contributed by atoms with Gasteiger partial charge in [-0.1, -0.05) is 49.6 Å². The second-order valence-corrected chi connectivity index (χ2v) is 6.12. The third-order valence-electron chi connectivity index (χ3n) is 4.40. The first-order valence-corrected chi connectivity index (χ1v) is 7.49.